The van der Waals surface area contributed by atoms with Crippen LogP contribution in [0.3, 0.4) is 0 Å². The summed E-state index contributed by atoms with van der Waals surface area (Å²) < 4.78 is 70.6. The zero-order valence-electron chi connectivity index (χ0n) is 21.5. The van der Waals surface area contributed by atoms with E-state index in [9.17, 15) is 31.6 Å². The highest BCUT2D eigenvalue weighted by molar-refractivity contribution is 7.90. The molecule has 1 aliphatic carbocycles. The van der Waals surface area contributed by atoms with Gasteiger partial charge in [0.25, 0.3) is 11.8 Å². The summed E-state index contributed by atoms with van der Waals surface area (Å²) in [6, 6.07) is 9.29. The van der Waals surface area contributed by atoms with E-state index >= 15 is 0 Å². The van der Waals surface area contributed by atoms with Crippen LogP contribution in [0.5, 0.6) is 11.6 Å². The van der Waals surface area contributed by atoms with Gasteiger partial charge in [-0.1, -0.05) is 6.07 Å². The van der Waals surface area contributed by atoms with Crippen molar-refractivity contribution in [2.75, 3.05) is 11.6 Å². The summed E-state index contributed by atoms with van der Waals surface area (Å²) in [5.74, 6) is -1.34. The Morgan fingerprint density at radius 1 is 1.15 bits per heavy atom. The molecule has 2 heterocycles. The van der Waals surface area contributed by atoms with Crippen molar-refractivity contribution in [1.82, 2.24) is 15.2 Å². The van der Waals surface area contributed by atoms with E-state index in [1.807, 2.05) is 0 Å². The highest BCUT2D eigenvalue weighted by Crippen LogP contribution is 2.44. The molecule has 2 aromatic heterocycles. The number of nitriles is 1. The molecular weight excluding hydrogens is 535 g/mol. The zero-order valence-corrected chi connectivity index (χ0v) is 22.3. The first-order chi connectivity index (χ1) is 18.2. The minimum Gasteiger partial charge on any atom is -0.435 e. The summed E-state index contributed by atoms with van der Waals surface area (Å²) >= 11 is 0. The Morgan fingerprint density at radius 2 is 1.85 bits per heavy atom. The molecule has 1 aliphatic rings. The molecule has 1 amide bonds. The molecule has 1 N–H and O–H groups in total. The Labute approximate surface area is 223 Å². The van der Waals surface area contributed by atoms with Crippen LogP contribution in [0.1, 0.15) is 57.8 Å². The van der Waals surface area contributed by atoms with E-state index in [4.69, 9.17) is 4.74 Å². The average molecular weight is 560 g/mol. The first-order valence-corrected chi connectivity index (χ1v) is 13.7. The number of aryl methyl sites for hydroxylation is 2. The predicted octanol–water partition coefficient (Wildman–Crippen LogP) is 5.21. The fourth-order valence-electron chi connectivity index (χ4n) is 4.38. The van der Waals surface area contributed by atoms with Gasteiger partial charge in [0.2, 0.25) is 0 Å². The van der Waals surface area contributed by atoms with E-state index in [1.54, 1.807) is 19.9 Å². The molecule has 1 aromatic carbocycles. The molecule has 1 saturated carbocycles. The van der Waals surface area contributed by atoms with Crippen LogP contribution in [-0.4, -0.2) is 35.8 Å². The number of hydrogen-bond donors (Lipinski definition) is 1. The molecular formula is C26H24F3N5O4S. The summed E-state index contributed by atoms with van der Waals surface area (Å²) in [7, 11) is -3.61. The Kier molecular flexibility index (Phi) is 7.12. The molecule has 13 heteroatoms. The van der Waals surface area contributed by atoms with E-state index < -0.39 is 50.0 Å². The monoisotopic (exact) mass is 559 g/mol. The highest BCUT2D eigenvalue weighted by Gasteiger charge is 2.41. The number of alkyl halides is 3. The van der Waals surface area contributed by atoms with Crippen LogP contribution in [0.2, 0.25) is 0 Å². The number of amides is 1. The molecule has 204 valence electrons. The topological polar surface area (TPSA) is 135 Å². The quantitative estimate of drug-likeness (QED) is 0.435. The van der Waals surface area contributed by atoms with Gasteiger partial charge in [0, 0.05) is 11.9 Å². The summed E-state index contributed by atoms with van der Waals surface area (Å²) in [5.41, 5.74) is -1.59. The number of carbonyl (C=O) groups is 1. The van der Waals surface area contributed by atoms with Gasteiger partial charge in [-0.3, -0.25) is 9.78 Å². The maximum absolute atomic E-state index is 13.6. The van der Waals surface area contributed by atoms with Gasteiger partial charge in [-0.25, -0.2) is 8.42 Å². The lowest BCUT2D eigenvalue weighted by Crippen LogP contribution is -2.33. The standard InChI is InChI=1S/C26H24F3N5O4S/c1-14-11-19(25(13-30)9-6-10-25)31-16(3)21(14)38-24-20(15(2)22(33-34-24)26(27,28)29)23(35)32-17-7-5-8-18(12-17)39(4,36)37/h5,7-8,11-12H,6,9-10H2,1-4H3,(H,32,35). The largest absolute Gasteiger partial charge is 0.435 e. The second kappa shape index (κ2) is 9.92. The minimum absolute atomic E-state index is 0.0410. The lowest BCUT2D eigenvalue weighted by atomic mass is 9.67. The van der Waals surface area contributed by atoms with Crippen LogP contribution in [-0.2, 0) is 21.4 Å². The van der Waals surface area contributed by atoms with Crippen molar-refractivity contribution in [2.24, 2.45) is 0 Å². The molecule has 0 atom stereocenters. The molecule has 0 unspecified atom stereocenters. The lowest BCUT2D eigenvalue weighted by molar-refractivity contribution is -0.142. The molecule has 1 fully saturated rings. The maximum Gasteiger partial charge on any atom is 0.435 e. The van der Waals surface area contributed by atoms with Crippen LogP contribution >= 0.6 is 0 Å². The summed E-state index contributed by atoms with van der Waals surface area (Å²) in [6.07, 6.45) is -1.67. The van der Waals surface area contributed by atoms with Crippen molar-refractivity contribution in [3.05, 3.63) is 64.1 Å². The normalized spacial score (nSPS) is 14.7. The summed E-state index contributed by atoms with van der Waals surface area (Å²) in [6.45, 7) is 4.38. The van der Waals surface area contributed by atoms with Gasteiger partial charge in [-0.15, -0.1) is 10.2 Å². The fraction of sp³-hybridized carbons (Fsp3) is 0.346. The lowest BCUT2D eigenvalue weighted by Gasteiger charge is -2.35. The van der Waals surface area contributed by atoms with Gasteiger partial charge in [0.15, 0.2) is 21.3 Å². The van der Waals surface area contributed by atoms with Crippen LogP contribution in [0, 0.1) is 32.1 Å². The molecule has 3 aromatic rings. The van der Waals surface area contributed by atoms with E-state index in [0.717, 1.165) is 19.6 Å². The van der Waals surface area contributed by atoms with Crippen LogP contribution in [0.4, 0.5) is 18.9 Å². The molecule has 0 spiro atoms. The number of ether oxygens (including phenoxy) is 1. The third-order valence-corrected chi connectivity index (χ3v) is 7.75. The number of benzene rings is 1. The zero-order chi connectivity index (χ0) is 28.8. The van der Waals surface area contributed by atoms with Gasteiger partial charge in [0.1, 0.15) is 5.56 Å². The van der Waals surface area contributed by atoms with Gasteiger partial charge >= 0.3 is 6.18 Å². The second-order valence-electron chi connectivity index (χ2n) is 9.49. The molecule has 0 bridgehead atoms. The number of pyridine rings is 1. The van der Waals surface area contributed by atoms with E-state index in [1.165, 1.54) is 24.3 Å². The molecule has 4 rings (SSSR count). The Balaban J connectivity index is 1.77. The third kappa shape index (κ3) is 5.42. The van der Waals surface area contributed by atoms with Crippen molar-refractivity contribution in [3.63, 3.8) is 0 Å². The summed E-state index contributed by atoms with van der Waals surface area (Å²) in [4.78, 5) is 17.7. The number of nitrogens with zero attached hydrogens (tertiary/aromatic N) is 4. The predicted molar refractivity (Wildman–Crippen MR) is 134 cm³/mol. The van der Waals surface area contributed by atoms with Crippen molar-refractivity contribution in [2.45, 2.75) is 56.5 Å². The van der Waals surface area contributed by atoms with Crippen molar-refractivity contribution >= 4 is 21.4 Å². The third-order valence-electron chi connectivity index (χ3n) is 6.64. The molecule has 9 nitrogen and oxygen atoms in total. The van der Waals surface area contributed by atoms with E-state index in [2.05, 4.69) is 26.6 Å². The van der Waals surface area contributed by atoms with Gasteiger partial charge in [-0.05, 0) is 75.4 Å². The smallest absolute Gasteiger partial charge is 0.435 e. The maximum atomic E-state index is 13.6. The Hall–Kier alpha value is -4.05. The van der Waals surface area contributed by atoms with Gasteiger partial charge < -0.3 is 10.1 Å². The number of carbonyl (C=O) groups excluding carboxylic acids is 1. The Morgan fingerprint density at radius 3 is 2.38 bits per heavy atom. The molecule has 0 radical (unpaired) electrons. The molecule has 0 saturated heterocycles. The Bertz CT molecular complexity index is 1600. The average Bonchev–Trinajstić information content (AvgIpc) is 2.80. The number of sulfone groups is 1. The summed E-state index contributed by atoms with van der Waals surface area (Å²) in [5, 5.41) is 19.0. The number of rotatable bonds is 6. The van der Waals surface area contributed by atoms with Crippen molar-refractivity contribution < 1.29 is 31.1 Å². The number of anilines is 1. The van der Waals surface area contributed by atoms with E-state index in [0.29, 0.717) is 29.8 Å². The van der Waals surface area contributed by atoms with Crippen LogP contribution in [0.25, 0.3) is 0 Å². The van der Waals surface area contributed by atoms with Crippen molar-refractivity contribution in [1.29, 1.82) is 5.26 Å². The first-order valence-electron chi connectivity index (χ1n) is 11.8. The second-order valence-corrected chi connectivity index (χ2v) is 11.5. The number of hydrogen-bond acceptors (Lipinski definition) is 8. The molecule has 39 heavy (non-hydrogen) atoms. The van der Waals surface area contributed by atoms with Crippen LogP contribution in [0.15, 0.2) is 35.2 Å². The van der Waals surface area contributed by atoms with Crippen molar-refractivity contribution in [3.8, 4) is 17.7 Å². The highest BCUT2D eigenvalue weighted by atomic mass is 32.2. The van der Waals surface area contributed by atoms with Crippen LogP contribution < -0.4 is 10.1 Å². The number of aromatic nitrogens is 3. The molecule has 0 aliphatic heterocycles. The SMILES string of the molecule is Cc1cc(C2(C#N)CCC2)nc(C)c1Oc1nnc(C(F)(F)F)c(C)c1C(=O)Nc1cccc(S(C)(=O)=O)c1. The first kappa shape index (κ1) is 28.0. The fourth-order valence-corrected chi connectivity index (χ4v) is 5.04. The minimum atomic E-state index is -4.90. The van der Waals surface area contributed by atoms with Gasteiger partial charge in [0.05, 0.1) is 27.8 Å². The number of halogens is 3. The van der Waals surface area contributed by atoms with E-state index in [-0.39, 0.29) is 16.3 Å². The number of nitrogens with one attached hydrogen (secondary N) is 1. The van der Waals surface area contributed by atoms with Gasteiger partial charge in [-0.2, -0.15) is 18.4 Å².